The number of halogens is 2. The third kappa shape index (κ3) is 3.36. The van der Waals surface area contributed by atoms with Crippen LogP contribution in [0.4, 0.5) is 8.78 Å². The third-order valence-electron chi connectivity index (χ3n) is 3.59. The minimum atomic E-state index is -0.996. The van der Waals surface area contributed by atoms with E-state index in [2.05, 4.69) is 0 Å². The van der Waals surface area contributed by atoms with E-state index in [0.29, 0.717) is 12.6 Å². The van der Waals surface area contributed by atoms with Crippen molar-refractivity contribution < 1.29 is 18.0 Å². The number of rotatable bonds is 6. The normalized spacial score (nSPS) is 14.6. The van der Waals surface area contributed by atoms with Gasteiger partial charge in [-0.05, 0) is 43.2 Å². The Kier molecular flexibility index (Phi) is 3.84. The van der Waals surface area contributed by atoms with E-state index in [9.17, 15) is 13.6 Å². The van der Waals surface area contributed by atoms with E-state index in [1.165, 1.54) is 6.07 Å². The summed E-state index contributed by atoms with van der Waals surface area (Å²) in [5.41, 5.74) is 0.194. The highest BCUT2D eigenvalue weighted by molar-refractivity contribution is 5.97. The van der Waals surface area contributed by atoms with Crippen molar-refractivity contribution in [1.29, 1.82) is 0 Å². The molecule has 0 bridgehead atoms. The topological polar surface area (TPSA) is 33.5 Å². The Hall–Kier alpha value is -2.01. The SMILES string of the molecule is O=C(CN(Cc1ccco1)C1CC1)c1ccc(F)c(F)c1. The fourth-order valence-electron chi connectivity index (χ4n) is 2.30. The summed E-state index contributed by atoms with van der Waals surface area (Å²) in [7, 11) is 0. The van der Waals surface area contributed by atoms with Gasteiger partial charge in [0.15, 0.2) is 17.4 Å². The summed E-state index contributed by atoms with van der Waals surface area (Å²) in [6, 6.07) is 7.28. The number of nitrogens with zero attached hydrogens (tertiary/aromatic N) is 1. The summed E-state index contributed by atoms with van der Waals surface area (Å²) in [5.74, 6) is -1.36. The molecule has 0 unspecified atom stereocenters. The summed E-state index contributed by atoms with van der Waals surface area (Å²) in [4.78, 5) is 14.2. The molecule has 1 aromatic carbocycles. The quantitative estimate of drug-likeness (QED) is 0.765. The lowest BCUT2D eigenvalue weighted by atomic mass is 10.1. The number of hydrogen-bond acceptors (Lipinski definition) is 3. The van der Waals surface area contributed by atoms with Crippen LogP contribution in [0, 0.1) is 11.6 Å². The molecule has 1 aromatic heterocycles. The molecule has 0 spiro atoms. The molecule has 0 N–H and O–H groups in total. The van der Waals surface area contributed by atoms with Gasteiger partial charge in [-0.1, -0.05) is 0 Å². The van der Waals surface area contributed by atoms with Crippen LogP contribution < -0.4 is 0 Å². The molecule has 1 fully saturated rings. The number of furan rings is 1. The van der Waals surface area contributed by atoms with E-state index in [0.717, 1.165) is 30.7 Å². The van der Waals surface area contributed by atoms with E-state index < -0.39 is 11.6 Å². The lowest BCUT2D eigenvalue weighted by Gasteiger charge is -2.19. The van der Waals surface area contributed by atoms with Crippen molar-refractivity contribution in [1.82, 2.24) is 4.90 Å². The molecule has 2 aromatic rings. The molecule has 110 valence electrons. The Morgan fingerprint density at radius 1 is 1.24 bits per heavy atom. The molecule has 3 nitrogen and oxygen atoms in total. The first kappa shape index (κ1) is 13.9. The van der Waals surface area contributed by atoms with Gasteiger partial charge >= 0.3 is 0 Å². The second-order valence-corrected chi connectivity index (χ2v) is 5.27. The highest BCUT2D eigenvalue weighted by atomic mass is 19.2. The van der Waals surface area contributed by atoms with Crippen LogP contribution in [-0.4, -0.2) is 23.3 Å². The summed E-state index contributed by atoms with van der Waals surface area (Å²) in [6.45, 7) is 0.726. The fraction of sp³-hybridized carbons (Fsp3) is 0.312. The lowest BCUT2D eigenvalue weighted by Crippen LogP contribution is -2.31. The van der Waals surface area contributed by atoms with Crippen molar-refractivity contribution in [2.45, 2.75) is 25.4 Å². The first-order valence-electron chi connectivity index (χ1n) is 6.88. The van der Waals surface area contributed by atoms with Crippen molar-refractivity contribution in [3.05, 3.63) is 59.6 Å². The van der Waals surface area contributed by atoms with Gasteiger partial charge in [-0.25, -0.2) is 8.78 Å². The zero-order valence-electron chi connectivity index (χ0n) is 11.4. The molecular weight excluding hydrogens is 276 g/mol. The predicted octanol–water partition coefficient (Wildman–Crippen LogP) is 3.41. The molecule has 1 heterocycles. The van der Waals surface area contributed by atoms with Crippen LogP contribution in [0.1, 0.15) is 29.0 Å². The number of ketones is 1. The summed E-state index contributed by atoms with van der Waals surface area (Å²) >= 11 is 0. The van der Waals surface area contributed by atoms with Gasteiger partial charge in [0.1, 0.15) is 5.76 Å². The van der Waals surface area contributed by atoms with E-state index in [1.807, 2.05) is 11.0 Å². The molecule has 1 aliphatic carbocycles. The standard InChI is InChI=1S/C16H15F2NO2/c17-14-6-3-11(8-15(14)18)16(20)10-19(12-4-5-12)9-13-2-1-7-21-13/h1-3,6-8,12H,4-5,9-10H2. The van der Waals surface area contributed by atoms with Crippen molar-refractivity contribution >= 4 is 5.78 Å². The number of hydrogen-bond donors (Lipinski definition) is 0. The molecular formula is C16H15F2NO2. The highest BCUT2D eigenvalue weighted by Gasteiger charge is 2.31. The highest BCUT2D eigenvalue weighted by Crippen LogP contribution is 2.28. The maximum atomic E-state index is 13.2. The van der Waals surface area contributed by atoms with Gasteiger partial charge < -0.3 is 4.42 Å². The molecule has 1 saturated carbocycles. The van der Waals surface area contributed by atoms with Crippen LogP contribution in [0.15, 0.2) is 41.0 Å². The molecule has 0 amide bonds. The lowest BCUT2D eigenvalue weighted by molar-refractivity contribution is 0.0913. The van der Waals surface area contributed by atoms with Gasteiger partial charge in [0.2, 0.25) is 0 Å². The summed E-state index contributed by atoms with van der Waals surface area (Å²) < 4.78 is 31.4. The number of carbonyl (C=O) groups is 1. The molecule has 21 heavy (non-hydrogen) atoms. The van der Waals surface area contributed by atoms with Crippen molar-refractivity contribution in [2.75, 3.05) is 6.54 Å². The number of carbonyl (C=O) groups excluding carboxylic acids is 1. The molecule has 0 radical (unpaired) electrons. The average molecular weight is 291 g/mol. The maximum Gasteiger partial charge on any atom is 0.176 e. The number of Topliss-reactive ketones (excluding diaryl/α,β-unsaturated/α-hetero) is 1. The van der Waals surface area contributed by atoms with Crippen molar-refractivity contribution in [3.8, 4) is 0 Å². The first-order chi connectivity index (χ1) is 10.1. The van der Waals surface area contributed by atoms with Gasteiger partial charge in [-0.2, -0.15) is 0 Å². The minimum absolute atomic E-state index is 0.177. The van der Waals surface area contributed by atoms with Crippen LogP contribution in [-0.2, 0) is 6.54 Å². The third-order valence-corrected chi connectivity index (χ3v) is 3.59. The Labute approximate surface area is 121 Å². The maximum absolute atomic E-state index is 13.2. The van der Waals surface area contributed by atoms with Crippen molar-refractivity contribution in [2.24, 2.45) is 0 Å². The molecule has 0 saturated heterocycles. The zero-order chi connectivity index (χ0) is 14.8. The molecule has 0 aliphatic heterocycles. The van der Waals surface area contributed by atoms with Gasteiger partial charge in [0, 0.05) is 11.6 Å². The Morgan fingerprint density at radius 3 is 2.67 bits per heavy atom. The van der Waals surface area contributed by atoms with Gasteiger partial charge in [-0.15, -0.1) is 0 Å². The molecule has 1 aliphatic rings. The minimum Gasteiger partial charge on any atom is -0.468 e. The largest absolute Gasteiger partial charge is 0.468 e. The van der Waals surface area contributed by atoms with Crippen LogP contribution in [0.3, 0.4) is 0 Å². The zero-order valence-corrected chi connectivity index (χ0v) is 11.4. The van der Waals surface area contributed by atoms with Crippen LogP contribution in [0.25, 0.3) is 0 Å². The van der Waals surface area contributed by atoms with Gasteiger partial charge in [0.05, 0.1) is 19.4 Å². The Bertz CT molecular complexity index is 636. The Morgan fingerprint density at radius 2 is 2.05 bits per heavy atom. The fourth-order valence-corrected chi connectivity index (χ4v) is 2.30. The van der Waals surface area contributed by atoms with Crippen LogP contribution in [0.2, 0.25) is 0 Å². The summed E-state index contributed by atoms with van der Waals surface area (Å²) in [5, 5.41) is 0. The van der Waals surface area contributed by atoms with Gasteiger partial charge in [-0.3, -0.25) is 9.69 Å². The Balaban J connectivity index is 1.70. The van der Waals surface area contributed by atoms with E-state index in [1.54, 1.807) is 12.3 Å². The predicted molar refractivity (Wildman–Crippen MR) is 72.8 cm³/mol. The van der Waals surface area contributed by atoms with E-state index in [-0.39, 0.29) is 17.9 Å². The second kappa shape index (κ2) is 5.77. The monoisotopic (exact) mass is 291 g/mol. The first-order valence-corrected chi connectivity index (χ1v) is 6.88. The molecule has 5 heteroatoms. The number of benzene rings is 1. The smallest absolute Gasteiger partial charge is 0.176 e. The van der Waals surface area contributed by atoms with Gasteiger partial charge in [0.25, 0.3) is 0 Å². The average Bonchev–Trinajstić information content (AvgIpc) is 3.19. The van der Waals surface area contributed by atoms with Crippen LogP contribution >= 0.6 is 0 Å². The van der Waals surface area contributed by atoms with E-state index in [4.69, 9.17) is 4.42 Å². The molecule has 3 rings (SSSR count). The second-order valence-electron chi connectivity index (χ2n) is 5.27. The van der Waals surface area contributed by atoms with Crippen LogP contribution in [0.5, 0.6) is 0 Å². The molecule has 0 atom stereocenters. The summed E-state index contributed by atoms with van der Waals surface area (Å²) in [6.07, 6.45) is 3.69. The van der Waals surface area contributed by atoms with E-state index >= 15 is 0 Å². The van der Waals surface area contributed by atoms with Crippen molar-refractivity contribution in [3.63, 3.8) is 0 Å².